The Morgan fingerprint density at radius 1 is 1.47 bits per heavy atom. The number of benzene rings is 1. The third-order valence-corrected chi connectivity index (χ3v) is 1.74. The average Bonchev–Trinajstić information content (AvgIpc) is 2.21. The quantitative estimate of drug-likeness (QED) is 0.242. The summed E-state index contributed by atoms with van der Waals surface area (Å²) >= 11 is 0. The van der Waals surface area contributed by atoms with Crippen LogP contribution in [0.1, 0.15) is 11.6 Å². The maximum Gasteiger partial charge on any atom is 0.333 e. The lowest BCUT2D eigenvalue weighted by Crippen LogP contribution is -2.21. The van der Waals surface area contributed by atoms with Crippen molar-refractivity contribution < 1.29 is 15.0 Å². The molecule has 0 aliphatic heterocycles. The first-order valence-electron chi connectivity index (χ1n) is 4.14. The highest BCUT2D eigenvalue weighted by atomic mass is 16.4. The second-order valence-corrected chi connectivity index (χ2v) is 2.78. The van der Waals surface area contributed by atoms with Crippen LogP contribution in [0.3, 0.4) is 0 Å². The molecule has 6 nitrogen and oxygen atoms in total. The van der Waals surface area contributed by atoms with Crippen LogP contribution in [0.2, 0.25) is 0 Å². The zero-order valence-electron chi connectivity index (χ0n) is 7.79. The van der Waals surface area contributed by atoms with Crippen LogP contribution in [0.15, 0.2) is 29.3 Å². The lowest BCUT2D eigenvalue weighted by Gasteiger charge is -2.07. The van der Waals surface area contributed by atoms with E-state index in [-0.39, 0.29) is 5.75 Å². The molecule has 1 aromatic carbocycles. The van der Waals surface area contributed by atoms with E-state index < -0.39 is 12.0 Å². The molecule has 0 aliphatic carbocycles. The molecule has 6 heteroatoms. The molecule has 15 heavy (non-hydrogen) atoms. The molecule has 1 atom stereocenters. The molecular formula is C9H11N3O3. The number of nitrogens with two attached hydrogens (primary N) is 1. The third kappa shape index (κ3) is 2.96. The number of nitrogens with zero attached hydrogens (tertiary/aromatic N) is 1. The fraction of sp³-hybridized carbons (Fsp3) is 0.111. The summed E-state index contributed by atoms with van der Waals surface area (Å²) in [5, 5.41) is 17.9. The molecular weight excluding hydrogens is 198 g/mol. The van der Waals surface area contributed by atoms with E-state index in [1.54, 1.807) is 0 Å². The fourth-order valence-corrected chi connectivity index (χ4v) is 1.07. The van der Waals surface area contributed by atoms with Gasteiger partial charge in [0.15, 0.2) is 6.04 Å². The molecule has 0 radical (unpaired) electrons. The van der Waals surface area contributed by atoms with Crippen molar-refractivity contribution in [3.8, 4) is 5.75 Å². The molecule has 1 rings (SSSR count). The fourth-order valence-electron chi connectivity index (χ4n) is 1.07. The molecule has 0 saturated heterocycles. The Morgan fingerprint density at radius 2 is 2.07 bits per heavy atom. The molecule has 0 aliphatic rings. The standard InChI is InChI=1S/C9H11N3O3/c10-12-5-11-8(9(14)15)6-1-3-7(13)4-2-6/h1-5,8,13H,10H2,(H,11,12)(H,14,15). The first kappa shape index (κ1) is 11.0. The molecule has 0 saturated carbocycles. The van der Waals surface area contributed by atoms with Crippen molar-refractivity contribution in [1.82, 2.24) is 5.43 Å². The summed E-state index contributed by atoms with van der Waals surface area (Å²) in [6.07, 6.45) is 1.10. The van der Waals surface area contributed by atoms with E-state index in [0.29, 0.717) is 5.56 Å². The molecule has 1 aromatic rings. The molecule has 0 heterocycles. The van der Waals surface area contributed by atoms with Gasteiger partial charge in [-0.25, -0.2) is 10.6 Å². The molecule has 0 aromatic heterocycles. The van der Waals surface area contributed by atoms with Gasteiger partial charge < -0.3 is 15.6 Å². The highest BCUT2D eigenvalue weighted by Gasteiger charge is 2.17. The Kier molecular flexibility index (Phi) is 3.64. The largest absolute Gasteiger partial charge is 0.508 e. The van der Waals surface area contributed by atoms with E-state index in [0.717, 1.165) is 6.34 Å². The molecule has 1 unspecified atom stereocenters. The topological polar surface area (TPSA) is 108 Å². The summed E-state index contributed by atoms with van der Waals surface area (Å²) in [5.74, 6) is 3.93. The Labute approximate surface area is 86.0 Å². The van der Waals surface area contributed by atoms with Gasteiger partial charge in [0, 0.05) is 0 Å². The lowest BCUT2D eigenvalue weighted by atomic mass is 10.1. The van der Waals surface area contributed by atoms with Crippen LogP contribution in [-0.2, 0) is 4.79 Å². The van der Waals surface area contributed by atoms with E-state index in [1.165, 1.54) is 24.3 Å². The van der Waals surface area contributed by atoms with Gasteiger partial charge in [0.1, 0.15) is 5.75 Å². The number of carboxylic acid groups (broad SMARTS) is 1. The van der Waals surface area contributed by atoms with Crippen LogP contribution in [0.4, 0.5) is 0 Å². The third-order valence-electron chi connectivity index (χ3n) is 1.74. The van der Waals surface area contributed by atoms with E-state index in [4.69, 9.17) is 16.1 Å². The minimum Gasteiger partial charge on any atom is -0.508 e. The van der Waals surface area contributed by atoms with E-state index >= 15 is 0 Å². The summed E-state index contributed by atoms with van der Waals surface area (Å²) in [7, 11) is 0. The lowest BCUT2D eigenvalue weighted by molar-refractivity contribution is -0.138. The summed E-state index contributed by atoms with van der Waals surface area (Å²) in [6.45, 7) is 0. The van der Waals surface area contributed by atoms with Crippen molar-refractivity contribution in [3.63, 3.8) is 0 Å². The van der Waals surface area contributed by atoms with Crippen molar-refractivity contribution in [3.05, 3.63) is 29.8 Å². The van der Waals surface area contributed by atoms with Gasteiger partial charge in [-0.1, -0.05) is 12.1 Å². The average molecular weight is 209 g/mol. The van der Waals surface area contributed by atoms with Crippen molar-refractivity contribution in [2.75, 3.05) is 0 Å². The normalized spacial score (nSPS) is 12.6. The predicted octanol–water partition coefficient (Wildman–Crippen LogP) is 0.00950. The zero-order valence-corrected chi connectivity index (χ0v) is 7.79. The van der Waals surface area contributed by atoms with E-state index in [9.17, 15) is 4.79 Å². The van der Waals surface area contributed by atoms with Crippen molar-refractivity contribution in [2.24, 2.45) is 10.8 Å². The van der Waals surface area contributed by atoms with E-state index in [2.05, 4.69) is 10.4 Å². The number of aromatic hydroxyl groups is 1. The Hall–Kier alpha value is -2.08. The second kappa shape index (κ2) is 4.97. The van der Waals surface area contributed by atoms with Crippen LogP contribution in [-0.4, -0.2) is 22.5 Å². The minimum absolute atomic E-state index is 0.0730. The number of phenols is 1. The summed E-state index contributed by atoms with van der Waals surface area (Å²) in [4.78, 5) is 14.5. The SMILES string of the molecule is NNC=NC(C(=O)O)c1ccc(O)cc1. The predicted molar refractivity (Wildman–Crippen MR) is 54.3 cm³/mol. The highest BCUT2D eigenvalue weighted by Crippen LogP contribution is 2.19. The van der Waals surface area contributed by atoms with Crippen molar-refractivity contribution in [1.29, 1.82) is 0 Å². The number of carbonyl (C=O) groups is 1. The molecule has 80 valence electrons. The first-order valence-corrected chi connectivity index (χ1v) is 4.14. The number of phenolic OH excluding ortho intramolecular Hbond substituents is 1. The van der Waals surface area contributed by atoms with Crippen molar-refractivity contribution >= 4 is 12.3 Å². The maximum absolute atomic E-state index is 10.8. The Balaban J connectivity index is 2.94. The number of nitrogens with one attached hydrogen (secondary N) is 1. The summed E-state index contributed by atoms with van der Waals surface area (Å²) < 4.78 is 0. The van der Waals surface area contributed by atoms with Gasteiger partial charge in [0.25, 0.3) is 0 Å². The first-order chi connectivity index (χ1) is 7.15. The zero-order chi connectivity index (χ0) is 11.3. The van der Waals surface area contributed by atoms with Gasteiger partial charge in [-0.15, -0.1) is 0 Å². The number of rotatable bonds is 4. The van der Waals surface area contributed by atoms with Crippen LogP contribution >= 0.6 is 0 Å². The number of aliphatic imine (C=N–C) groups is 1. The molecule has 5 N–H and O–H groups in total. The second-order valence-electron chi connectivity index (χ2n) is 2.78. The minimum atomic E-state index is -1.09. The molecule has 0 spiro atoms. The van der Waals surface area contributed by atoms with Gasteiger partial charge in [0.2, 0.25) is 0 Å². The summed E-state index contributed by atoms with van der Waals surface area (Å²) in [6, 6.07) is 4.75. The number of aliphatic carboxylic acids is 1. The van der Waals surface area contributed by atoms with Gasteiger partial charge in [-0.05, 0) is 17.7 Å². The summed E-state index contributed by atoms with van der Waals surface area (Å²) in [5.41, 5.74) is 2.59. The van der Waals surface area contributed by atoms with Crippen molar-refractivity contribution in [2.45, 2.75) is 6.04 Å². The van der Waals surface area contributed by atoms with Crippen LogP contribution < -0.4 is 11.3 Å². The molecule has 0 amide bonds. The van der Waals surface area contributed by atoms with Crippen LogP contribution in [0.5, 0.6) is 5.75 Å². The Morgan fingerprint density at radius 3 is 2.53 bits per heavy atom. The Bertz CT molecular complexity index is 361. The maximum atomic E-state index is 10.8. The molecule has 0 bridgehead atoms. The van der Waals surface area contributed by atoms with Gasteiger partial charge in [-0.2, -0.15) is 0 Å². The highest BCUT2D eigenvalue weighted by molar-refractivity contribution is 5.77. The monoisotopic (exact) mass is 209 g/mol. The number of carboxylic acids is 1. The van der Waals surface area contributed by atoms with Gasteiger partial charge >= 0.3 is 5.97 Å². The number of hydrogen-bond donors (Lipinski definition) is 4. The van der Waals surface area contributed by atoms with Gasteiger partial charge in [-0.3, -0.25) is 4.99 Å². The number of hydrazine groups is 1. The van der Waals surface area contributed by atoms with Crippen LogP contribution in [0.25, 0.3) is 0 Å². The van der Waals surface area contributed by atoms with Crippen LogP contribution in [0, 0.1) is 0 Å². The van der Waals surface area contributed by atoms with E-state index in [1.807, 2.05) is 0 Å². The smallest absolute Gasteiger partial charge is 0.333 e. The molecule has 0 fully saturated rings. The van der Waals surface area contributed by atoms with Gasteiger partial charge in [0.05, 0.1) is 6.34 Å². The number of hydrogen-bond acceptors (Lipinski definition) is 4.